The highest BCUT2D eigenvalue weighted by molar-refractivity contribution is 5.99. The lowest BCUT2D eigenvalue weighted by atomic mass is 10.1. The van der Waals surface area contributed by atoms with Gasteiger partial charge in [-0.15, -0.1) is 0 Å². The number of benzene rings is 2. The SMILES string of the molecule is Nc1cc(F)ccc1C(=O)N[C@H](CO)c1ccccc1. The standard InChI is InChI=1S/C15H15FN2O2/c16-11-6-7-12(13(17)8-11)15(20)18-14(9-19)10-4-2-1-3-5-10/h1-8,14,19H,9,17H2,(H,18,20)/t14-/m1/s1. The van der Waals surface area contributed by atoms with Gasteiger partial charge in [0.15, 0.2) is 0 Å². The number of hydrogen-bond acceptors (Lipinski definition) is 3. The number of aliphatic hydroxyl groups is 1. The third kappa shape index (κ3) is 3.13. The van der Waals surface area contributed by atoms with Crippen LogP contribution in [0.5, 0.6) is 0 Å². The van der Waals surface area contributed by atoms with Crippen LogP contribution in [0.1, 0.15) is 22.0 Å². The second-order valence-corrected chi connectivity index (χ2v) is 4.35. The van der Waals surface area contributed by atoms with Gasteiger partial charge in [-0.05, 0) is 23.8 Å². The van der Waals surface area contributed by atoms with Crippen LogP contribution in [0.15, 0.2) is 48.5 Å². The van der Waals surface area contributed by atoms with Gasteiger partial charge in [0.2, 0.25) is 0 Å². The minimum Gasteiger partial charge on any atom is -0.398 e. The fraction of sp³-hybridized carbons (Fsp3) is 0.133. The number of carbonyl (C=O) groups excluding carboxylic acids is 1. The molecule has 0 fully saturated rings. The number of hydrogen-bond donors (Lipinski definition) is 3. The molecule has 0 aliphatic heterocycles. The normalized spacial score (nSPS) is 11.9. The summed E-state index contributed by atoms with van der Waals surface area (Å²) in [4.78, 5) is 12.1. The van der Waals surface area contributed by atoms with Gasteiger partial charge in [-0.25, -0.2) is 4.39 Å². The molecule has 0 saturated heterocycles. The van der Waals surface area contributed by atoms with Crippen LogP contribution in [0, 0.1) is 5.82 Å². The Hall–Kier alpha value is -2.40. The molecular weight excluding hydrogens is 259 g/mol. The van der Waals surface area contributed by atoms with Crippen LogP contribution in [0.2, 0.25) is 0 Å². The molecule has 4 nitrogen and oxygen atoms in total. The van der Waals surface area contributed by atoms with Crippen molar-refractivity contribution in [2.45, 2.75) is 6.04 Å². The van der Waals surface area contributed by atoms with E-state index in [2.05, 4.69) is 5.32 Å². The first-order valence-electron chi connectivity index (χ1n) is 6.13. The Balaban J connectivity index is 2.17. The van der Waals surface area contributed by atoms with Crippen molar-refractivity contribution in [1.29, 1.82) is 0 Å². The van der Waals surface area contributed by atoms with E-state index in [0.717, 1.165) is 11.6 Å². The summed E-state index contributed by atoms with van der Waals surface area (Å²) in [6.07, 6.45) is 0. The predicted octanol–water partition coefficient (Wildman–Crippen LogP) is 1.87. The summed E-state index contributed by atoms with van der Waals surface area (Å²) in [5.74, 6) is -0.953. The number of anilines is 1. The molecule has 0 unspecified atom stereocenters. The highest BCUT2D eigenvalue weighted by Gasteiger charge is 2.16. The number of nitrogens with two attached hydrogens (primary N) is 1. The molecule has 0 spiro atoms. The van der Waals surface area contributed by atoms with E-state index in [1.54, 1.807) is 12.1 Å². The first-order valence-corrected chi connectivity index (χ1v) is 6.13. The molecule has 0 saturated carbocycles. The fourth-order valence-corrected chi connectivity index (χ4v) is 1.90. The zero-order valence-electron chi connectivity index (χ0n) is 10.7. The van der Waals surface area contributed by atoms with E-state index in [1.165, 1.54) is 12.1 Å². The van der Waals surface area contributed by atoms with Gasteiger partial charge in [-0.3, -0.25) is 4.79 Å². The maximum atomic E-state index is 13.0. The Morgan fingerprint density at radius 2 is 1.95 bits per heavy atom. The predicted molar refractivity (Wildman–Crippen MR) is 74.5 cm³/mol. The van der Waals surface area contributed by atoms with E-state index in [0.29, 0.717) is 0 Å². The van der Waals surface area contributed by atoms with Crippen LogP contribution < -0.4 is 11.1 Å². The van der Waals surface area contributed by atoms with Gasteiger partial charge in [-0.2, -0.15) is 0 Å². The van der Waals surface area contributed by atoms with E-state index < -0.39 is 17.8 Å². The molecule has 4 N–H and O–H groups in total. The van der Waals surface area contributed by atoms with Crippen LogP contribution in [-0.4, -0.2) is 17.6 Å². The lowest BCUT2D eigenvalue weighted by Crippen LogP contribution is -2.31. The van der Waals surface area contributed by atoms with Gasteiger partial charge < -0.3 is 16.2 Å². The molecule has 1 amide bonds. The average molecular weight is 274 g/mol. The molecule has 2 aromatic carbocycles. The number of carbonyl (C=O) groups is 1. The topological polar surface area (TPSA) is 75.4 Å². The second-order valence-electron chi connectivity index (χ2n) is 4.35. The first kappa shape index (κ1) is 14.0. The Bertz CT molecular complexity index is 602. The Labute approximate surface area is 116 Å². The molecule has 5 heteroatoms. The maximum Gasteiger partial charge on any atom is 0.253 e. The van der Waals surface area contributed by atoms with Crippen molar-refractivity contribution in [3.8, 4) is 0 Å². The van der Waals surface area contributed by atoms with Gasteiger partial charge in [0.1, 0.15) is 5.82 Å². The summed E-state index contributed by atoms with van der Waals surface area (Å²) in [7, 11) is 0. The number of aliphatic hydroxyl groups excluding tert-OH is 1. The third-order valence-corrected chi connectivity index (χ3v) is 2.95. The molecule has 20 heavy (non-hydrogen) atoms. The number of halogens is 1. The van der Waals surface area contributed by atoms with Gasteiger partial charge in [0, 0.05) is 5.69 Å². The second kappa shape index (κ2) is 6.16. The van der Waals surface area contributed by atoms with Crippen LogP contribution in [0.4, 0.5) is 10.1 Å². The van der Waals surface area contributed by atoms with Gasteiger partial charge in [0.25, 0.3) is 5.91 Å². The molecule has 2 rings (SSSR count). The molecule has 2 aromatic rings. The third-order valence-electron chi connectivity index (χ3n) is 2.95. The molecule has 1 atom stereocenters. The van der Waals surface area contributed by atoms with Gasteiger partial charge in [-0.1, -0.05) is 30.3 Å². The summed E-state index contributed by atoms with van der Waals surface area (Å²) in [5, 5.41) is 12.1. The highest BCUT2D eigenvalue weighted by atomic mass is 19.1. The van der Waals surface area contributed by atoms with E-state index in [4.69, 9.17) is 5.73 Å². The number of rotatable bonds is 4. The summed E-state index contributed by atoms with van der Waals surface area (Å²) < 4.78 is 13.0. The fourth-order valence-electron chi connectivity index (χ4n) is 1.90. The summed E-state index contributed by atoms with van der Waals surface area (Å²) in [6, 6.07) is 12.1. The molecule has 0 bridgehead atoms. The van der Waals surface area contributed by atoms with Crippen LogP contribution in [-0.2, 0) is 0 Å². The quantitative estimate of drug-likeness (QED) is 0.745. The largest absolute Gasteiger partial charge is 0.398 e. The molecule has 0 aromatic heterocycles. The number of amides is 1. The summed E-state index contributed by atoms with van der Waals surface area (Å²) in [6.45, 7) is -0.239. The van der Waals surface area contributed by atoms with Crippen molar-refractivity contribution in [3.05, 3.63) is 65.5 Å². The molecular formula is C15H15FN2O2. The van der Waals surface area contributed by atoms with Crippen molar-refractivity contribution in [1.82, 2.24) is 5.32 Å². The van der Waals surface area contributed by atoms with Crippen molar-refractivity contribution < 1.29 is 14.3 Å². The highest BCUT2D eigenvalue weighted by Crippen LogP contribution is 2.16. The Morgan fingerprint density at radius 1 is 1.25 bits per heavy atom. The number of nitrogen functional groups attached to an aromatic ring is 1. The van der Waals surface area contributed by atoms with Gasteiger partial charge in [0.05, 0.1) is 18.2 Å². The van der Waals surface area contributed by atoms with Crippen LogP contribution in [0.3, 0.4) is 0 Å². The molecule has 104 valence electrons. The van der Waals surface area contributed by atoms with E-state index >= 15 is 0 Å². The Kier molecular flexibility index (Phi) is 4.32. The summed E-state index contributed by atoms with van der Waals surface area (Å²) in [5.41, 5.74) is 6.64. The van der Waals surface area contributed by atoms with Crippen LogP contribution >= 0.6 is 0 Å². The monoisotopic (exact) mass is 274 g/mol. The Morgan fingerprint density at radius 3 is 2.55 bits per heavy atom. The maximum absolute atomic E-state index is 13.0. The zero-order valence-corrected chi connectivity index (χ0v) is 10.7. The molecule has 0 radical (unpaired) electrons. The lowest BCUT2D eigenvalue weighted by Gasteiger charge is -2.17. The van der Waals surface area contributed by atoms with Crippen molar-refractivity contribution in [2.75, 3.05) is 12.3 Å². The van der Waals surface area contributed by atoms with Gasteiger partial charge >= 0.3 is 0 Å². The lowest BCUT2D eigenvalue weighted by molar-refractivity contribution is 0.0917. The molecule has 0 aliphatic rings. The minimum atomic E-state index is -0.534. The molecule has 0 heterocycles. The first-order chi connectivity index (χ1) is 9.61. The molecule has 0 aliphatic carbocycles. The van der Waals surface area contributed by atoms with Crippen molar-refractivity contribution in [3.63, 3.8) is 0 Å². The summed E-state index contributed by atoms with van der Waals surface area (Å²) >= 11 is 0. The van der Waals surface area contributed by atoms with E-state index in [9.17, 15) is 14.3 Å². The average Bonchev–Trinajstić information content (AvgIpc) is 2.45. The van der Waals surface area contributed by atoms with E-state index in [-0.39, 0.29) is 17.9 Å². The smallest absolute Gasteiger partial charge is 0.253 e. The van der Waals surface area contributed by atoms with Crippen molar-refractivity contribution >= 4 is 11.6 Å². The van der Waals surface area contributed by atoms with E-state index in [1.807, 2.05) is 18.2 Å². The van der Waals surface area contributed by atoms with Crippen LogP contribution in [0.25, 0.3) is 0 Å². The number of nitrogens with one attached hydrogen (secondary N) is 1. The minimum absolute atomic E-state index is 0.0623. The zero-order chi connectivity index (χ0) is 14.5. The van der Waals surface area contributed by atoms with Crippen molar-refractivity contribution in [2.24, 2.45) is 0 Å².